The van der Waals surface area contributed by atoms with E-state index in [1.54, 1.807) is 16.4 Å². The van der Waals surface area contributed by atoms with Gasteiger partial charge in [0.05, 0.1) is 4.90 Å². The van der Waals surface area contributed by atoms with Gasteiger partial charge in [-0.3, -0.25) is 0 Å². The lowest BCUT2D eigenvalue weighted by atomic mass is 10.2. The summed E-state index contributed by atoms with van der Waals surface area (Å²) in [7, 11) is -3.37. The largest absolute Gasteiger partial charge is 0.243 e. The van der Waals surface area contributed by atoms with Gasteiger partial charge in [-0.2, -0.15) is 4.31 Å². The van der Waals surface area contributed by atoms with E-state index in [9.17, 15) is 8.42 Å². The Morgan fingerprint density at radius 3 is 1.74 bits per heavy atom. The molecule has 0 saturated heterocycles. The first-order valence-corrected chi connectivity index (χ1v) is 8.24. The molecule has 0 aromatic heterocycles. The van der Waals surface area contributed by atoms with Crippen molar-refractivity contribution in [2.75, 3.05) is 13.1 Å². The van der Waals surface area contributed by atoms with Crippen molar-refractivity contribution in [2.24, 2.45) is 11.8 Å². The Kier molecular flexibility index (Phi) is 5.56. The number of aryl methyl sites for hydroxylation is 1. The third kappa shape index (κ3) is 4.62. The molecule has 0 saturated carbocycles. The summed E-state index contributed by atoms with van der Waals surface area (Å²) in [5, 5.41) is 0. The van der Waals surface area contributed by atoms with E-state index < -0.39 is 10.0 Å². The second-order valence-electron chi connectivity index (χ2n) is 5.92. The Bertz CT molecular complexity index is 479. The summed E-state index contributed by atoms with van der Waals surface area (Å²) in [6.45, 7) is 11.2. The van der Waals surface area contributed by atoms with Crippen molar-refractivity contribution in [1.29, 1.82) is 0 Å². The van der Waals surface area contributed by atoms with E-state index in [-0.39, 0.29) is 0 Å². The smallest absolute Gasteiger partial charge is 0.207 e. The average Bonchev–Trinajstić information content (AvgIpc) is 2.27. The maximum Gasteiger partial charge on any atom is 0.243 e. The Morgan fingerprint density at radius 1 is 0.947 bits per heavy atom. The normalized spacial score (nSPS) is 12.6. The van der Waals surface area contributed by atoms with Crippen LogP contribution in [-0.2, 0) is 10.0 Å². The van der Waals surface area contributed by atoms with Crippen LogP contribution in [0.2, 0.25) is 0 Å². The predicted molar refractivity (Wildman–Crippen MR) is 79.6 cm³/mol. The lowest BCUT2D eigenvalue weighted by Gasteiger charge is -2.25. The summed E-state index contributed by atoms with van der Waals surface area (Å²) in [6.07, 6.45) is 0. The number of sulfonamides is 1. The second kappa shape index (κ2) is 6.53. The molecule has 0 radical (unpaired) electrons. The molecule has 108 valence electrons. The predicted octanol–water partition coefficient (Wildman–Crippen LogP) is 3.30. The molecule has 0 heterocycles. The summed E-state index contributed by atoms with van der Waals surface area (Å²) >= 11 is 0. The maximum absolute atomic E-state index is 12.6. The van der Waals surface area contributed by atoms with Crippen LogP contribution in [0.3, 0.4) is 0 Å². The van der Waals surface area contributed by atoms with Gasteiger partial charge in [0.2, 0.25) is 10.0 Å². The molecule has 3 nitrogen and oxygen atoms in total. The standard InChI is InChI=1S/C15H25NO2S/c1-12(2)10-16(11-13(3)4)19(17,18)15-8-6-14(5)7-9-15/h6-9,12-13H,10-11H2,1-5H3. The van der Waals surface area contributed by atoms with Gasteiger partial charge < -0.3 is 0 Å². The van der Waals surface area contributed by atoms with Crippen molar-refractivity contribution < 1.29 is 8.42 Å². The van der Waals surface area contributed by atoms with Gasteiger partial charge in [-0.25, -0.2) is 8.42 Å². The van der Waals surface area contributed by atoms with Crippen LogP contribution < -0.4 is 0 Å². The highest BCUT2D eigenvalue weighted by atomic mass is 32.2. The van der Waals surface area contributed by atoms with Crippen LogP contribution in [0.5, 0.6) is 0 Å². The zero-order chi connectivity index (χ0) is 14.6. The van der Waals surface area contributed by atoms with E-state index in [0.717, 1.165) is 5.56 Å². The van der Waals surface area contributed by atoms with Crippen LogP contribution >= 0.6 is 0 Å². The molecule has 0 atom stereocenters. The molecule has 1 rings (SSSR count). The van der Waals surface area contributed by atoms with E-state index in [2.05, 4.69) is 0 Å². The summed E-state index contributed by atoms with van der Waals surface area (Å²) in [5.41, 5.74) is 1.07. The Labute approximate surface area is 117 Å². The van der Waals surface area contributed by atoms with E-state index >= 15 is 0 Å². The maximum atomic E-state index is 12.6. The molecule has 0 fully saturated rings. The van der Waals surface area contributed by atoms with Crippen molar-refractivity contribution in [3.8, 4) is 0 Å². The van der Waals surface area contributed by atoms with Gasteiger partial charge in [0.1, 0.15) is 0 Å². The molecule has 0 aliphatic carbocycles. The van der Waals surface area contributed by atoms with Crippen LogP contribution in [-0.4, -0.2) is 25.8 Å². The molecule has 0 unspecified atom stereocenters. The quantitative estimate of drug-likeness (QED) is 0.803. The number of rotatable bonds is 6. The molecule has 0 N–H and O–H groups in total. The molecule has 4 heteroatoms. The fraction of sp³-hybridized carbons (Fsp3) is 0.600. The third-order valence-corrected chi connectivity index (χ3v) is 4.64. The molecule has 0 amide bonds. The van der Waals surface area contributed by atoms with Gasteiger partial charge in [0, 0.05) is 13.1 Å². The monoisotopic (exact) mass is 283 g/mol. The van der Waals surface area contributed by atoms with Gasteiger partial charge in [-0.05, 0) is 30.9 Å². The SMILES string of the molecule is Cc1ccc(S(=O)(=O)N(CC(C)C)CC(C)C)cc1. The fourth-order valence-corrected chi connectivity index (χ4v) is 3.71. The van der Waals surface area contributed by atoms with Crippen LogP contribution in [0.15, 0.2) is 29.2 Å². The molecule has 0 aliphatic rings. The van der Waals surface area contributed by atoms with Crippen LogP contribution in [0.25, 0.3) is 0 Å². The minimum Gasteiger partial charge on any atom is -0.207 e. The summed E-state index contributed by atoms with van der Waals surface area (Å²) < 4.78 is 26.9. The van der Waals surface area contributed by atoms with Gasteiger partial charge in [0.25, 0.3) is 0 Å². The second-order valence-corrected chi connectivity index (χ2v) is 7.86. The lowest BCUT2D eigenvalue weighted by molar-refractivity contribution is 0.333. The molecule has 0 spiro atoms. The molecule has 19 heavy (non-hydrogen) atoms. The van der Waals surface area contributed by atoms with Gasteiger partial charge in [-0.1, -0.05) is 45.4 Å². The van der Waals surface area contributed by atoms with Crippen molar-refractivity contribution >= 4 is 10.0 Å². The zero-order valence-electron chi connectivity index (χ0n) is 12.6. The number of benzene rings is 1. The van der Waals surface area contributed by atoms with E-state index in [4.69, 9.17) is 0 Å². The Hall–Kier alpha value is -0.870. The minimum absolute atomic E-state index is 0.318. The van der Waals surface area contributed by atoms with Gasteiger partial charge in [0.15, 0.2) is 0 Å². The van der Waals surface area contributed by atoms with Crippen molar-refractivity contribution in [2.45, 2.75) is 39.5 Å². The zero-order valence-corrected chi connectivity index (χ0v) is 13.4. The minimum atomic E-state index is -3.37. The highest BCUT2D eigenvalue weighted by molar-refractivity contribution is 7.89. The van der Waals surface area contributed by atoms with Crippen molar-refractivity contribution in [1.82, 2.24) is 4.31 Å². The number of hydrogen-bond donors (Lipinski definition) is 0. The first-order valence-electron chi connectivity index (χ1n) is 6.80. The van der Waals surface area contributed by atoms with Crippen LogP contribution in [0, 0.1) is 18.8 Å². The average molecular weight is 283 g/mol. The van der Waals surface area contributed by atoms with Crippen LogP contribution in [0.1, 0.15) is 33.3 Å². The highest BCUT2D eigenvalue weighted by Crippen LogP contribution is 2.19. The van der Waals surface area contributed by atoms with E-state index in [0.29, 0.717) is 29.8 Å². The molecular formula is C15H25NO2S. The van der Waals surface area contributed by atoms with Crippen molar-refractivity contribution in [3.05, 3.63) is 29.8 Å². The lowest BCUT2D eigenvalue weighted by Crippen LogP contribution is -2.37. The first kappa shape index (κ1) is 16.2. The first-order chi connectivity index (χ1) is 8.73. The fourth-order valence-electron chi connectivity index (χ4n) is 1.94. The summed E-state index contributed by atoms with van der Waals surface area (Å²) in [4.78, 5) is 0.388. The van der Waals surface area contributed by atoms with Gasteiger partial charge >= 0.3 is 0 Å². The van der Waals surface area contributed by atoms with Gasteiger partial charge in [-0.15, -0.1) is 0 Å². The van der Waals surface area contributed by atoms with E-state index in [1.165, 1.54) is 0 Å². The number of hydrogen-bond acceptors (Lipinski definition) is 2. The third-order valence-electron chi connectivity index (χ3n) is 2.80. The highest BCUT2D eigenvalue weighted by Gasteiger charge is 2.25. The molecule has 0 bridgehead atoms. The topological polar surface area (TPSA) is 37.4 Å². The molecule has 0 aliphatic heterocycles. The summed E-state index contributed by atoms with van der Waals surface area (Å²) in [6, 6.07) is 7.07. The Balaban J connectivity index is 3.07. The molecular weight excluding hydrogens is 258 g/mol. The van der Waals surface area contributed by atoms with Crippen molar-refractivity contribution in [3.63, 3.8) is 0 Å². The Morgan fingerprint density at radius 2 is 1.37 bits per heavy atom. The van der Waals surface area contributed by atoms with E-state index in [1.807, 2.05) is 46.8 Å². The summed E-state index contributed by atoms with van der Waals surface area (Å²) in [5.74, 6) is 0.637. The molecule has 1 aromatic carbocycles. The van der Waals surface area contributed by atoms with Crippen LogP contribution in [0.4, 0.5) is 0 Å². The molecule has 1 aromatic rings. The number of nitrogens with zero attached hydrogens (tertiary/aromatic N) is 1.